The SMILES string of the molecule is CC(C)(CC(=O)N[C@@H]1CCc2ccccc2N(Cc2ccc(-c3ccccc3CC(=O)NO)cc2)C1=O)NC(=O)OCc1ccccc1. The molecule has 4 aromatic carbocycles. The number of para-hydroxylation sites is 1. The van der Waals surface area contributed by atoms with E-state index in [1.165, 1.54) is 0 Å². The summed E-state index contributed by atoms with van der Waals surface area (Å²) in [7, 11) is 0. The fourth-order valence-electron chi connectivity index (χ4n) is 5.88. The molecule has 0 fully saturated rings. The van der Waals surface area contributed by atoms with Crippen LogP contribution in [-0.2, 0) is 45.1 Å². The van der Waals surface area contributed by atoms with Gasteiger partial charge in [0.05, 0.1) is 13.0 Å². The second-order valence-electron chi connectivity index (χ2n) is 12.5. The number of alkyl carbamates (subject to hydrolysis) is 1. The molecule has 248 valence electrons. The van der Waals surface area contributed by atoms with Gasteiger partial charge in [-0.3, -0.25) is 19.6 Å². The quantitative estimate of drug-likeness (QED) is 0.126. The first-order valence-electron chi connectivity index (χ1n) is 15.9. The van der Waals surface area contributed by atoms with Crippen LogP contribution in [0.25, 0.3) is 11.1 Å². The lowest BCUT2D eigenvalue weighted by molar-refractivity contribution is -0.128. The highest BCUT2D eigenvalue weighted by Gasteiger charge is 2.33. The molecule has 4 N–H and O–H groups in total. The number of anilines is 1. The zero-order valence-corrected chi connectivity index (χ0v) is 27.1. The molecule has 5 rings (SSSR count). The van der Waals surface area contributed by atoms with Crippen LogP contribution in [0, 0.1) is 0 Å². The van der Waals surface area contributed by atoms with E-state index in [4.69, 9.17) is 9.94 Å². The first-order chi connectivity index (χ1) is 23.1. The highest BCUT2D eigenvalue weighted by molar-refractivity contribution is 6.00. The summed E-state index contributed by atoms with van der Waals surface area (Å²) in [4.78, 5) is 53.3. The van der Waals surface area contributed by atoms with E-state index in [2.05, 4.69) is 10.6 Å². The van der Waals surface area contributed by atoms with Gasteiger partial charge in [-0.25, -0.2) is 10.3 Å². The van der Waals surface area contributed by atoms with Crippen LogP contribution in [0.5, 0.6) is 0 Å². The number of carbonyl (C=O) groups excluding carboxylic acids is 4. The lowest BCUT2D eigenvalue weighted by Gasteiger charge is -2.28. The number of hydrogen-bond acceptors (Lipinski definition) is 6. The third-order valence-electron chi connectivity index (χ3n) is 8.24. The van der Waals surface area contributed by atoms with E-state index in [1.54, 1.807) is 24.2 Å². The molecule has 48 heavy (non-hydrogen) atoms. The smallest absolute Gasteiger partial charge is 0.407 e. The summed E-state index contributed by atoms with van der Waals surface area (Å²) in [5.41, 5.74) is 6.85. The Kier molecular flexibility index (Phi) is 10.9. The molecule has 0 radical (unpaired) electrons. The topological polar surface area (TPSA) is 137 Å². The summed E-state index contributed by atoms with van der Waals surface area (Å²) < 4.78 is 5.33. The summed E-state index contributed by atoms with van der Waals surface area (Å²) in [6, 6.07) is 31.6. The number of carbonyl (C=O) groups is 4. The van der Waals surface area contributed by atoms with Gasteiger partial charge in [0.15, 0.2) is 0 Å². The lowest BCUT2D eigenvalue weighted by atomic mass is 9.96. The van der Waals surface area contributed by atoms with E-state index in [-0.39, 0.29) is 37.8 Å². The molecule has 0 saturated carbocycles. The number of nitrogens with zero attached hydrogens (tertiary/aromatic N) is 1. The molecule has 0 unspecified atom stereocenters. The van der Waals surface area contributed by atoms with Crippen molar-refractivity contribution in [1.82, 2.24) is 16.1 Å². The van der Waals surface area contributed by atoms with Crippen LogP contribution in [-0.4, -0.2) is 40.6 Å². The summed E-state index contributed by atoms with van der Waals surface area (Å²) in [6.45, 7) is 3.87. The first-order valence-corrected chi connectivity index (χ1v) is 15.9. The van der Waals surface area contributed by atoms with E-state index in [0.717, 1.165) is 39.1 Å². The van der Waals surface area contributed by atoms with Gasteiger partial charge in [-0.1, -0.05) is 97.1 Å². The summed E-state index contributed by atoms with van der Waals surface area (Å²) in [6.07, 6.45) is 0.393. The van der Waals surface area contributed by atoms with Gasteiger partial charge in [0.1, 0.15) is 12.6 Å². The van der Waals surface area contributed by atoms with Crippen LogP contribution < -0.4 is 21.0 Å². The minimum Gasteiger partial charge on any atom is -0.445 e. The van der Waals surface area contributed by atoms with E-state index in [0.29, 0.717) is 12.8 Å². The molecule has 0 spiro atoms. The fraction of sp³-hybridized carbons (Fsp3) is 0.263. The highest BCUT2D eigenvalue weighted by atomic mass is 16.5. The van der Waals surface area contributed by atoms with Crippen LogP contribution in [0.4, 0.5) is 10.5 Å². The monoisotopic (exact) mass is 648 g/mol. The lowest BCUT2D eigenvalue weighted by Crippen LogP contribution is -2.51. The Hall–Kier alpha value is -5.48. The number of ether oxygens (including phenoxy) is 1. The average Bonchev–Trinajstić information content (AvgIpc) is 3.20. The van der Waals surface area contributed by atoms with Crippen molar-refractivity contribution in [2.24, 2.45) is 0 Å². The standard InChI is InChI=1S/C38H40N4O6/c1-38(2,40-37(46)48-25-27-10-4-3-5-11-27)23-35(44)39-32-21-20-29-12-7-9-15-33(29)42(36(32)45)24-26-16-18-28(19-17-26)31-14-8-6-13-30(31)22-34(43)41-47/h3-19,32,47H,20-25H2,1-2H3,(H,39,44)(H,40,46)(H,41,43)/t32-/m1/s1. The molecule has 10 heteroatoms. The summed E-state index contributed by atoms with van der Waals surface area (Å²) in [5.74, 6) is -1.07. The van der Waals surface area contributed by atoms with Crippen molar-refractivity contribution in [1.29, 1.82) is 0 Å². The third-order valence-corrected chi connectivity index (χ3v) is 8.24. The van der Waals surface area contributed by atoms with Crippen molar-refractivity contribution in [2.45, 2.75) is 64.3 Å². The fourth-order valence-corrected chi connectivity index (χ4v) is 5.88. The minimum absolute atomic E-state index is 0.0339. The number of benzene rings is 4. The van der Waals surface area contributed by atoms with Crippen LogP contribution >= 0.6 is 0 Å². The maximum atomic E-state index is 14.0. The molecule has 0 bridgehead atoms. The number of nitrogens with one attached hydrogen (secondary N) is 3. The number of aryl methyl sites for hydroxylation is 1. The molecule has 10 nitrogen and oxygen atoms in total. The molecule has 0 aliphatic carbocycles. The zero-order chi connectivity index (χ0) is 34.1. The van der Waals surface area contributed by atoms with Gasteiger partial charge in [-0.15, -0.1) is 0 Å². The molecular weight excluding hydrogens is 608 g/mol. The Bertz CT molecular complexity index is 1760. The van der Waals surface area contributed by atoms with Crippen molar-refractivity contribution in [3.05, 3.63) is 125 Å². The van der Waals surface area contributed by atoms with Crippen LogP contribution in [0.3, 0.4) is 0 Å². The summed E-state index contributed by atoms with van der Waals surface area (Å²) >= 11 is 0. The van der Waals surface area contributed by atoms with Gasteiger partial charge in [-0.2, -0.15) is 0 Å². The number of rotatable bonds is 11. The van der Waals surface area contributed by atoms with Crippen molar-refractivity contribution >= 4 is 29.5 Å². The molecule has 4 aromatic rings. The Morgan fingerprint density at radius 3 is 2.29 bits per heavy atom. The first kappa shape index (κ1) is 33.9. The molecular formula is C38H40N4O6. The Morgan fingerprint density at radius 2 is 1.54 bits per heavy atom. The molecule has 0 saturated heterocycles. The maximum absolute atomic E-state index is 14.0. The maximum Gasteiger partial charge on any atom is 0.407 e. The minimum atomic E-state index is -0.920. The van der Waals surface area contributed by atoms with Gasteiger partial charge in [0.25, 0.3) is 0 Å². The molecule has 0 aromatic heterocycles. The largest absolute Gasteiger partial charge is 0.445 e. The van der Waals surface area contributed by atoms with Crippen molar-refractivity contribution < 1.29 is 29.1 Å². The van der Waals surface area contributed by atoms with Gasteiger partial charge >= 0.3 is 6.09 Å². The van der Waals surface area contributed by atoms with Crippen molar-refractivity contribution in [3.63, 3.8) is 0 Å². The Morgan fingerprint density at radius 1 is 0.854 bits per heavy atom. The van der Waals surface area contributed by atoms with E-state index in [1.807, 2.05) is 103 Å². The number of hydrogen-bond donors (Lipinski definition) is 4. The van der Waals surface area contributed by atoms with Crippen molar-refractivity contribution in [2.75, 3.05) is 4.90 Å². The van der Waals surface area contributed by atoms with Gasteiger partial charge in [0, 0.05) is 17.6 Å². The predicted octanol–water partition coefficient (Wildman–Crippen LogP) is 5.46. The Labute approximate surface area is 280 Å². The van der Waals surface area contributed by atoms with E-state index < -0.39 is 23.6 Å². The Balaban J connectivity index is 1.26. The molecule has 4 amide bonds. The van der Waals surface area contributed by atoms with Gasteiger partial charge < -0.3 is 20.3 Å². The van der Waals surface area contributed by atoms with Gasteiger partial charge in [-0.05, 0) is 66.1 Å². The van der Waals surface area contributed by atoms with Gasteiger partial charge in [0.2, 0.25) is 17.7 Å². The second-order valence-corrected chi connectivity index (χ2v) is 12.5. The second kappa shape index (κ2) is 15.4. The zero-order valence-electron chi connectivity index (χ0n) is 27.1. The van der Waals surface area contributed by atoms with E-state index >= 15 is 0 Å². The third kappa shape index (κ3) is 8.86. The molecule has 1 atom stereocenters. The van der Waals surface area contributed by atoms with Crippen LogP contribution in [0.15, 0.2) is 103 Å². The predicted molar refractivity (Wildman–Crippen MR) is 182 cm³/mol. The normalized spacial score (nSPS) is 14.4. The molecule has 1 aliphatic rings. The highest BCUT2D eigenvalue weighted by Crippen LogP contribution is 2.30. The molecule has 1 heterocycles. The van der Waals surface area contributed by atoms with Crippen LogP contribution in [0.2, 0.25) is 0 Å². The number of amides is 4. The molecule has 1 aliphatic heterocycles. The number of fused-ring (bicyclic) bond motifs is 1. The summed E-state index contributed by atoms with van der Waals surface area (Å²) in [5, 5.41) is 14.7. The average molecular weight is 649 g/mol. The van der Waals surface area contributed by atoms with Crippen LogP contribution in [0.1, 0.15) is 48.9 Å². The van der Waals surface area contributed by atoms with Crippen molar-refractivity contribution in [3.8, 4) is 11.1 Å². The van der Waals surface area contributed by atoms with E-state index in [9.17, 15) is 19.2 Å². The number of hydroxylamine groups is 1.